The van der Waals surface area contributed by atoms with Gasteiger partial charge in [-0.25, -0.2) is 4.57 Å². The molecular weight excluding hydrogens is 1070 g/mol. The van der Waals surface area contributed by atoms with Crippen LogP contribution in [0.5, 0.6) is 0 Å². The summed E-state index contributed by atoms with van der Waals surface area (Å²) < 4.78 is 33.2. The fourth-order valence-corrected chi connectivity index (χ4v) is 10.5. The lowest BCUT2D eigenvalue weighted by atomic mass is 10.0. The van der Waals surface area contributed by atoms with E-state index in [-0.39, 0.29) is 38.6 Å². The predicted molar refractivity (Wildman–Crippen MR) is 367 cm³/mol. The summed E-state index contributed by atoms with van der Waals surface area (Å²) in [5.74, 6) is -0.821. The molecule has 0 saturated heterocycles. The number of carbonyl (C=O) groups excluding carboxylic acids is 2. The third kappa shape index (κ3) is 69.4. The number of esters is 2. The Morgan fingerprint density at radius 1 is 0.353 bits per heavy atom. The molecule has 85 heavy (non-hydrogen) atoms. The van der Waals surface area contributed by atoms with Crippen LogP contribution in [0.2, 0.25) is 0 Å². The quantitative estimate of drug-likeness (QED) is 0.0264. The first-order valence-corrected chi connectivity index (χ1v) is 36.5. The lowest BCUT2D eigenvalue weighted by Gasteiger charge is -2.19. The SMILES string of the molecule is CC/C=C\C/C=C\C/C=C\C/C=C\C/C=C\CCCCCCCCCCCCCCCCCCCC(=O)OC(COC(=O)CCCCCCCCCCCCCCCCC/C=C\C/C=C\C/C=C\C/C=C\C/C=C\CC)COP(=O)(O)OCCN. The van der Waals surface area contributed by atoms with E-state index in [0.29, 0.717) is 6.42 Å². The Hall–Kier alpha value is -3.59. The molecule has 0 aliphatic heterocycles. The van der Waals surface area contributed by atoms with Crippen molar-refractivity contribution in [1.82, 2.24) is 0 Å². The number of phosphoric ester groups is 1. The summed E-state index contributed by atoms with van der Waals surface area (Å²) in [7, 11) is -4.40. The zero-order valence-corrected chi connectivity index (χ0v) is 55.7. The minimum Gasteiger partial charge on any atom is -0.462 e. The van der Waals surface area contributed by atoms with Gasteiger partial charge in [0.05, 0.1) is 13.2 Å². The summed E-state index contributed by atoms with van der Waals surface area (Å²) in [5, 5.41) is 0. The maximum absolute atomic E-state index is 12.8. The molecule has 2 atom stereocenters. The Labute approximate surface area is 523 Å². The van der Waals surface area contributed by atoms with Crippen LogP contribution in [0.25, 0.3) is 0 Å². The van der Waals surface area contributed by atoms with Crippen LogP contribution in [0.1, 0.15) is 309 Å². The molecule has 9 nitrogen and oxygen atoms in total. The van der Waals surface area contributed by atoms with Gasteiger partial charge in [0.2, 0.25) is 0 Å². The molecule has 488 valence electrons. The largest absolute Gasteiger partial charge is 0.472 e. The minimum absolute atomic E-state index is 0.0504. The van der Waals surface area contributed by atoms with Crippen LogP contribution in [-0.2, 0) is 32.7 Å². The summed E-state index contributed by atoms with van der Waals surface area (Å²) in [6, 6.07) is 0. The highest BCUT2D eigenvalue weighted by Crippen LogP contribution is 2.43. The molecule has 0 spiro atoms. The van der Waals surface area contributed by atoms with Crippen molar-refractivity contribution in [1.29, 1.82) is 0 Å². The van der Waals surface area contributed by atoms with E-state index in [2.05, 4.69) is 135 Å². The van der Waals surface area contributed by atoms with Gasteiger partial charge in [-0.2, -0.15) is 0 Å². The normalized spacial score (nSPS) is 13.7. The monoisotopic (exact) mass is 1200 g/mol. The number of rotatable bonds is 65. The second-order valence-electron chi connectivity index (χ2n) is 23.0. The molecule has 2 unspecified atom stereocenters. The number of carbonyl (C=O) groups is 2. The Morgan fingerprint density at radius 3 is 0.906 bits per heavy atom. The van der Waals surface area contributed by atoms with Crippen molar-refractivity contribution in [2.24, 2.45) is 5.73 Å². The maximum Gasteiger partial charge on any atom is 0.472 e. The smallest absolute Gasteiger partial charge is 0.462 e. The molecule has 0 bridgehead atoms. The standard InChI is InChI=1S/C75H130NO8P/c1-3-5-7-9-11-13-15-17-19-21-23-25-27-29-31-33-35-36-38-40-42-44-46-48-50-52-54-56-58-60-62-64-66-68-75(78)84-73(72-83-85(79,80)82-70-69-76)71-81-74(77)67-65-63-61-59-57-55-53-51-49-47-45-43-41-39-37-34-32-30-28-26-24-22-20-18-16-14-12-10-8-6-4-2/h5-8,11-14,17-20,23-26,29-32,73H,3-4,9-10,15-16,21-22,27-28,33-72,76H2,1-2H3,(H,79,80)/b7-5-,8-6-,13-11-,14-12-,19-17-,20-18-,25-23-,26-24-,31-29-,32-30-. The van der Waals surface area contributed by atoms with Crippen molar-refractivity contribution in [2.45, 2.75) is 315 Å². The lowest BCUT2D eigenvalue weighted by Crippen LogP contribution is -2.29. The van der Waals surface area contributed by atoms with Gasteiger partial charge in [-0.1, -0.05) is 315 Å². The third-order valence-electron chi connectivity index (χ3n) is 14.8. The van der Waals surface area contributed by atoms with Crippen molar-refractivity contribution < 1.29 is 37.6 Å². The van der Waals surface area contributed by atoms with Crippen molar-refractivity contribution in [3.8, 4) is 0 Å². The van der Waals surface area contributed by atoms with Crippen LogP contribution in [0, 0.1) is 0 Å². The molecule has 0 aromatic rings. The molecule has 0 aromatic heterocycles. The van der Waals surface area contributed by atoms with Crippen LogP contribution in [0.3, 0.4) is 0 Å². The summed E-state index contributed by atoms with van der Waals surface area (Å²) in [6.45, 7) is 3.55. The molecular formula is C75H130NO8P. The number of allylic oxidation sites excluding steroid dienone is 20. The summed E-state index contributed by atoms with van der Waals surface area (Å²) in [5.41, 5.74) is 5.40. The number of ether oxygens (including phenoxy) is 2. The van der Waals surface area contributed by atoms with E-state index >= 15 is 0 Å². The highest BCUT2D eigenvalue weighted by atomic mass is 31.2. The average molecular weight is 1200 g/mol. The molecule has 0 saturated carbocycles. The van der Waals surface area contributed by atoms with E-state index in [9.17, 15) is 19.0 Å². The maximum atomic E-state index is 12.8. The van der Waals surface area contributed by atoms with Crippen molar-refractivity contribution in [3.05, 3.63) is 122 Å². The Kier molecular flexibility index (Phi) is 66.6. The Morgan fingerprint density at radius 2 is 0.612 bits per heavy atom. The first kappa shape index (κ1) is 81.4. The second-order valence-corrected chi connectivity index (χ2v) is 24.4. The molecule has 0 amide bonds. The second kappa shape index (κ2) is 69.5. The summed E-state index contributed by atoms with van der Waals surface area (Å²) >= 11 is 0. The number of nitrogens with two attached hydrogens (primary N) is 1. The highest BCUT2D eigenvalue weighted by molar-refractivity contribution is 7.47. The van der Waals surface area contributed by atoms with Crippen molar-refractivity contribution >= 4 is 19.8 Å². The van der Waals surface area contributed by atoms with Crippen LogP contribution >= 0.6 is 7.82 Å². The van der Waals surface area contributed by atoms with Crippen molar-refractivity contribution in [3.63, 3.8) is 0 Å². The highest BCUT2D eigenvalue weighted by Gasteiger charge is 2.26. The zero-order valence-electron chi connectivity index (χ0n) is 54.8. The van der Waals surface area contributed by atoms with E-state index in [1.807, 2.05) is 0 Å². The predicted octanol–water partition coefficient (Wildman–Crippen LogP) is 23.1. The molecule has 0 rings (SSSR count). The van der Waals surface area contributed by atoms with Gasteiger partial charge in [-0.3, -0.25) is 18.6 Å². The van der Waals surface area contributed by atoms with Crippen LogP contribution in [0.15, 0.2) is 122 Å². The molecule has 0 fully saturated rings. The summed E-state index contributed by atoms with van der Waals surface area (Å²) in [4.78, 5) is 35.4. The molecule has 0 aliphatic rings. The zero-order chi connectivity index (χ0) is 61.6. The van der Waals surface area contributed by atoms with Gasteiger partial charge in [-0.05, 0) is 103 Å². The van der Waals surface area contributed by atoms with Gasteiger partial charge in [0.1, 0.15) is 6.61 Å². The first-order chi connectivity index (χ1) is 41.8. The van der Waals surface area contributed by atoms with Gasteiger partial charge in [0, 0.05) is 19.4 Å². The molecule has 10 heteroatoms. The number of unbranched alkanes of at least 4 members (excludes halogenated alkanes) is 32. The molecule has 0 radical (unpaired) electrons. The topological polar surface area (TPSA) is 134 Å². The van der Waals surface area contributed by atoms with E-state index in [0.717, 1.165) is 103 Å². The van der Waals surface area contributed by atoms with Crippen LogP contribution in [-0.4, -0.2) is 49.3 Å². The first-order valence-electron chi connectivity index (χ1n) is 35.0. The van der Waals surface area contributed by atoms with Gasteiger partial charge in [0.15, 0.2) is 6.10 Å². The van der Waals surface area contributed by atoms with E-state index in [4.69, 9.17) is 24.3 Å². The van der Waals surface area contributed by atoms with E-state index < -0.39 is 26.5 Å². The van der Waals surface area contributed by atoms with Crippen molar-refractivity contribution in [2.75, 3.05) is 26.4 Å². The minimum atomic E-state index is -4.40. The molecule has 3 N–H and O–H groups in total. The van der Waals surface area contributed by atoms with Crippen LogP contribution < -0.4 is 5.73 Å². The van der Waals surface area contributed by atoms with Gasteiger partial charge < -0.3 is 20.1 Å². The Balaban J connectivity index is 3.87. The van der Waals surface area contributed by atoms with E-state index in [1.165, 1.54) is 173 Å². The van der Waals surface area contributed by atoms with Gasteiger partial charge in [-0.15, -0.1) is 0 Å². The lowest BCUT2D eigenvalue weighted by molar-refractivity contribution is -0.161. The number of hydrogen-bond acceptors (Lipinski definition) is 8. The number of phosphoric acid groups is 1. The summed E-state index contributed by atoms with van der Waals surface area (Å²) in [6.07, 6.45) is 97.2. The molecule has 0 aromatic carbocycles. The van der Waals surface area contributed by atoms with Gasteiger partial charge >= 0.3 is 19.8 Å². The number of hydrogen-bond donors (Lipinski definition) is 2. The van der Waals surface area contributed by atoms with E-state index in [1.54, 1.807) is 0 Å². The van der Waals surface area contributed by atoms with Gasteiger partial charge in [0.25, 0.3) is 0 Å². The van der Waals surface area contributed by atoms with Crippen LogP contribution in [0.4, 0.5) is 0 Å². The fraction of sp³-hybridized carbons (Fsp3) is 0.707. The third-order valence-corrected chi connectivity index (χ3v) is 15.8. The average Bonchev–Trinajstić information content (AvgIpc) is 3.52. The fourth-order valence-electron chi connectivity index (χ4n) is 9.75. The Bertz CT molecular complexity index is 1810. The molecule has 0 heterocycles. The molecule has 0 aliphatic carbocycles.